The number of pyridine rings is 1. The maximum absolute atomic E-state index is 12.6. The molecule has 4 heterocycles. The monoisotopic (exact) mass is 400 g/mol. The predicted octanol–water partition coefficient (Wildman–Crippen LogP) is 0.808. The lowest BCUT2D eigenvalue weighted by atomic mass is 9.87. The van der Waals surface area contributed by atoms with E-state index in [-0.39, 0.29) is 5.91 Å². The molecule has 1 N–H and O–H groups in total. The van der Waals surface area contributed by atoms with Crippen molar-refractivity contribution < 1.29 is 9.53 Å². The number of guanidine groups is 1. The lowest BCUT2D eigenvalue weighted by Gasteiger charge is -2.35. The van der Waals surface area contributed by atoms with Crippen molar-refractivity contribution in [2.45, 2.75) is 19.3 Å². The summed E-state index contributed by atoms with van der Waals surface area (Å²) >= 11 is 0. The number of aromatic nitrogens is 1. The van der Waals surface area contributed by atoms with Crippen LogP contribution in [0.4, 0.5) is 5.82 Å². The van der Waals surface area contributed by atoms with Gasteiger partial charge in [0.05, 0.1) is 6.61 Å². The van der Waals surface area contributed by atoms with Crippen molar-refractivity contribution in [1.82, 2.24) is 20.1 Å². The van der Waals surface area contributed by atoms with Crippen molar-refractivity contribution in [3.8, 4) is 0 Å². The summed E-state index contributed by atoms with van der Waals surface area (Å²) in [6.07, 6.45) is 4.61. The van der Waals surface area contributed by atoms with Crippen LogP contribution in [0, 0.1) is 5.41 Å². The van der Waals surface area contributed by atoms with E-state index in [1.807, 2.05) is 36.3 Å². The Bertz CT molecular complexity index is 711. The van der Waals surface area contributed by atoms with Gasteiger partial charge in [0, 0.05) is 77.5 Å². The first-order valence-electron chi connectivity index (χ1n) is 10.7. The molecular formula is C21H32N6O2. The van der Waals surface area contributed by atoms with Gasteiger partial charge >= 0.3 is 0 Å². The number of rotatable bonds is 4. The van der Waals surface area contributed by atoms with Crippen LogP contribution in [0.2, 0.25) is 0 Å². The predicted molar refractivity (Wildman–Crippen MR) is 113 cm³/mol. The molecule has 0 saturated carbocycles. The van der Waals surface area contributed by atoms with Crippen LogP contribution in [0.1, 0.15) is 19.3 Å². The van der Waals surface area contributed by atoms with Crippen molar-refractivity contribution in [3.05, 3.63) is 24.4 Å². The number of anilines is 1. The molecule has 3 aliphatic heterocycles. The average Bonchev–Trinajstić information content (AvgIpc) is 3.41. The van der Waals surface area contributed by atoms with Gasteiger partial charge in [-0.15, -0.1) is 0 Å². The van der Waals surface area contributed by atoms with E-state index in [0.717, 1.165) is 77.1 Å². The van der Waals surface area contributed by atoms with Gasteiger partial charge < -0.3 is 24.8 Å². The Balaban J connectivity index is 1.19. The summed E-state index contributed by atoms with van der Waals surface area (Å²) in [5.41, 5.74) is 0.306. The van der Waals surface area contributed by atoms with Crippen molar-refractivity contribution in [3.63, 3.8) is 0 Å². The highest BCUT2D eigenvalue weighted by atomic mass is 16.5. The lowest BCUT2D eigenvalue weighted by molar-refractivity contribution is -0.131. The van der Waals surface area contributed by atoms with E-state index in [2.05, 4.69) is 25.1 Å². The molecule has 3 saturated heterocycles. The fourth-order valence-corrected chi connectivity index (χ4v) is 4.58. The molecule has 3 fully saturated rings. The fraction of sp³-hybridized carbons (Fsp3) is 0.667. The third-order valence-electron chi connectivity index (χ3n) is 6.36. The third-order valence-corrected chi connectivity index (χ3v) is 6.36. The van der Waals surface area contributed by atoms with Crippen LogP contribution in [0.15, 0.2) is 29.4 Å². The zero-order chi connectivity index (χ0) is 20.1. The van der Waals surface area contributed by atoms with Crippen LogP contribution in [0.25, 0.3) is 0 Å². The van der Waals surface area contributed by atoms with Gasteiger partial charge in [-0.2, -0.15) is 0 Å². The summed E-state index contributed by atoms with van der Waals surface area (Å²) < 4.78 is 5.62. The smallest absolute Gasteiger partial charge is 0.224 e. The summed E-state index contributed by atoms with van der Waals surface area (Å²) in [5, 5.41) is 3.39. The first-order chi connectivity index (χ1) is 14.2. The first kappa shape index (κ1) is 19.9. The molecule has 4 rings (SSSR count). The van der Waals surface area contributed by atoms with E-state index < -0.39 is 0 Å². The molecule has 1 aromatic rings. The van der Waals surface area contributed by atoms with Gasteiger partial charge in [-0.05, 0) is 25.0 Å². The molecule has 158 valence electrons. The zero-order valence-corrected chi connectivity index (χ0v) is 17.3. The summed E-state index contributed by atoms with van der Waals surface area (Å²) in [7, 11) is 1.82. The number of nitrogens with one attached hydrogen (secondary N) is 1. The van der Waals surface area contributed by atoms with Gasteiger partial charge in [-0.25, -0.2) is 4.98 Å². The fourth-order valence-electron chi connectivity index (χ4n) is 4.58. The van der Waals surface area contributed by atoms with Crippen molar-refractivity contribution in [1.29, 1.82) is 0 Å². The Morgan fingerprint density at radius 2 is 2.07 bits per heavy atom. The van der Waals surface area contributed by atoms with Gasteiger partial charge in [0.15, 0.2) is 5.96 Å². The average molecular weight is 401 g/mol. The number of carbonyl (C=O) groups excluding carboxylic acids is 1. The number of nitrogens with zero attached hydrogens (tertiary/aromatic N) is 5. The van der Waals surface area contributed by atoms with Crippen molar-refractivity contribution in [2.24, 2.45) is 10.4 Å². The van der Waals surface area contributed by atoms with Crippen LogP contribution in [0.3, 0.4) is 0 Å². The van der Waals surface area contributed by atoms with Crippen LogP contribution in [-0.4, -0.2) is 92.7 Å². The highest BCUT2D eigenvalue weighted by Crippen LogP contribution is 2.38. The number of amides is 1. The van der Waals surface area contributed by atoms with Crippen molar-refractivity contribution in [2.75, 3.05) is 71.0 Å². The van der Waals surface area contributed by atoms with E-state index in [1.165, 1.54) is 0 Å². The van der Waals surface area contributed by atoms with Gasteiger partial charge in [0.2, 0.25) is 5.91 Å². The highest BCUT2D eigenvalue weighted by molar-refractivity contribution is 5.81. The number of hydrogen-bond acceptors (Lipinski definition) is 5. The first-order valence-corrected chi connectivity index (χ1v) is 10.7. The number of likely N-dealkylation sites (tertiary alicyclic amines) is 1. The normalized spacial score (nSPS) is 25.1. The molecule has 1 atom stereocenters. The van der Waals surface area contributed by atoms with Crippen LogP contribution in [-0.2, 0) is 9.53 Å². The van der Waals surface area contributed by atoms with Crippen molar-refractivity contribution >= 4 is 17.7 Å². The van der Waals surface area contributed by atoms with E-state index in [1.54, 1.807) is 0 Å². The standard InChI is InChI=1S/C21H32N6O2/c1-22-20(27-10-6-21(16-27)7-15-29-17-21)24-9-5-19(28)26-13-11-25(12-14-26)18-4-2-3-8-23-18/h2-4,8H,5-7,9-17H2,1H3,(H,22,24). The molecule has 1 amide bonds. The molecular weight excluding hydrogens is 368 g/mol. The molecule has 1 spiro atoms. The second-order valence-electron chi connectivity index (χ2n) is 8.25. The summed E-state index contributed by atoms with van der Waals surface area (Å²) in [4.78, 5) is 28.0. The van der Waals surface area contributed by atoms with Crippen LogP contribution in [0.5, 0.6) is 0 Å². The number of ether oxygens (including phenoxy) is 1. The number of carbonyl (C=O) groups is 1. The Kier molecular flexibility index (Phi) is 6.18. The molecule has 3 aliphatic rings. The molecule has 8 heteroatoms. The SMILES string of the molecule is CN=C(NCCC(=O)N1CCN(c2ccccn2)CC1)N1CCC2(CCOC2)C1. The Labute approximate surface area is 172 Å². The quantitative estimate of drug-likeness (QED) is 0.596. The van der Waals surface area contributed by atoms with Crippen LogP contribution < -0.4 is 10.2 Å². The van der Waals surface area contributed by atoms with E-state index in [4.69, 9.17) is 4.74 Å². The lowest BCUT2D eigenvalue weighted by Crippen LogP contribution is -2.49. The van der Waals surface area contributed by atoms with Gasteiger partial charge in [0.1, 0.15) is 5.82 Å². The molecule has 1 unspecified atom stereocenters. The van der Waals surface area contributed by atoms with E-state index in [9.17, 15) is 4.79 Å². The zero-order valence-electron chi connectivity index (χ0n) is 17.3. The van der Waals surface area contributed by atoms with Gasteiger partial charge in [0.25, 0.3) is 0 Å². The van der Waals surface area contributed by atoms with Gasteiger partial charge in [-0.3, -0.25) is 9.79 Å². The summed E-state index contributed by atoms with van der Waals surface area (Å²) in [5.74, 6) is 2.10. The molecule has 1 aromatic heterocycles. The number of aliphatic imine (C=N–C) groups is 1. The third kappa shape index (κ3) is 4.63. The second kappa shape index (κ2) is 8.98. The maximum Gasteiger partial charge on any atom is 0.224 e. The number of hydrogen-bond donors (Lipinski definition) is 1. The van der Waals surface area contributed by atoms with Crippen LogP contribution >= 0.6 is 0 Å². The molecule has 0 aromatic carbocycles. The molecule has 8 nitrogen and oxygen atoms in total. The summed E-state index contributed by atoms with van der Waals surface area (Å²) in [6.45, 7) is 7.52. The topological polar surface area (TPSA) is 73.3 Å². The Morgan fingerprint density at radius 3 is 2.76 bits per heavy atom. The minimum absolute atomic E-state index is 0.204. The highest BCUT2D eigenvalue weighted by Gasteiger charge is 2.42. The van der Waals surface area contributed by atoms with E-state index >= 15 is 0 Å². The maximum atomic E-state index is 12.6. The van der Waals surface area contributed by atoms with Gasteiger partial charge in [-0.1, -0.05) is 6.07 Å². The molecule has 0 radical (unpaired) electrons. The molecule has 0 aliphatic carbocycles. The minimum Gasteiger partial charge on any atom is -0.381 e. The molecule has 0 bridgehead atoms. The van der Waals surface area contributed by atoms with E-state index in [0.29, 0.717) is 18.4 Å². The largest absolute Gasteiger partial charge is 0.381 e. The Hall–Kier alpha value is -2.35. The number of piperazine rings is 1. The second-order valence-corrected chi connectivity index (χ2v) is 8.25. The summed E-state index contributed by atoms with van der Waals surface area (Å²) in [6, 6.07) is 5.95. The minimum atomic E-state index is 0.204. The Morgan fingerprint density at radius 1 is 1.21 bits per heavy atom. The molecule has 29 heavy (non-hydrogen) atoms.